The van der Waals surface area contributed by atoms with E-state index in [-0.39, 0.29) is 24.3 Å². The Kier molecular flexibility index (Phi) is 9.11. The molecular formula is C32H40ClN3O6. The summed E-state index contributed by atoms with van der Waals surface area (Å²) in [6, 6.07) is 13.1. The maximum atomic E-state index is 14.3. The number of ether oxygens (including phenoxy) is 2. The second-order valence-corrected chi connectivity index (χ2v) is 11.9. The number of likely N-dealkylation sites (tertiary alicyclic amines) is 1. The smallest absolute Gasteiger partial charge is 0.250 e. The first kappa shape index (κ1) is 30.3. The lowest BCUT2D eigenvalue weighted by atomic mass is 9.65. The lowest BCUT2D eigenvalue weighted by Gasteiger charge is -2.34. The fourth-order valence-corrected chi connectivity index (χ4v) is 7.30. The van der Waals surface area contributed by atoms with Crippen LogP contribution >= 0.6 is 11.6 Å². The third-order valence-electron chi connectivity index (χ3n) is 9.06. The number of aliphatic hydroxyl groups is 1. The molecule has 0 aliphatic carbocycles. The van der Waals surface area contributed by atoms with Crippen molar-refractivity contribution in [1.29, 1.82) is 0 Å². The van der Waals surface area contributed by atoms with E-state index in [0.717, 1.165) is 12.8 Å². The molecule has 5 atom stereocenters. The summed E-state index contributed by atoms with van der Waals surface area (Å²) in [5.74, 6) is -1.62. The van der Waals surface area contributed by atoms with E-state index in [1.807, 2.05) is 13.8 Å². The van der Waals surface area contributed by atoms with Crippen LogP contribution in [0.1, 0.15) is 58.8 Å². The molecule has 2 aromatic carbocycles. The summed E-state index contributed by atoms with van der Waals surface area (Å²) < 4.78 is 12.3. The summed E-state index contributed by atoms with van der Waals surface area (Å²) in [4.78, 5) is 43.9. The van der Waals surface area contributed by atoms with Gasteiger partial charge in [0.25, 0.3) is 0 Å². The number of carbonyl (C=O) groups is 3. The van der Waals surface area contributed by atoms with Crippen LogP contribution in [0.4, 0.5) is 11.4 Å². The lowest BCUT2D eigenvalue weighted by molar-refractivity contribution is -0.144. The first-order valence-electron chi connectivity index (χ1n) is 15.0. The number of aliphatic hydroxyl groups excluding tert-OH is 1. The van der Waals surface area contributed by atoms with Gasteiger partial charge in [0.1, 0.15) is 17.4 Å². The molecule has 1 spiro atoms. The minimum atomic E-state index is -1.10. The average molecular weight is 598 g/mol. The first-order valence-corrected chi connectivity index (χ1v) is 15.4. The summed E-state index contributed by atoms with van der Waals surface area (Å²) in [5.41, 5.74) is -0.756. The number of halogens is 1. The molecule has 10 heteroatoms. The summed E-state index contributed by atoms with van der Waals surface area (Å²) in [6.45, 7) is 4.92. The number of anilines is 2. The Labute approximate surface area is 251 Å². The van der Waals surface area contributed by atoms with Crippen LogP contribution in [0.3, 0.4) is 0 Å². The molecule has 2 aromatic rings. The van der Waals surface area contributed by atoms with Crippen molar-refractivity contribution in [3.05, 3.63) is 53.6 Å². The van der Waals surface area contributed by atoms with Gasteiger partial charge in [0.15, 0.2) is 0 Å². The molecule has 0 radical (unpaired) electrons. The molecule has 3 amide bonds. The normalized spacial score (nSPS) is 27.7. The maximum Gasteiger partial charge on any atom is 0.250 e. The molecule has 0 saturated carbocycles. The van der Waals surface area contributed by atoms with Crippen molar-refractivity contribution in [2.24, 2.45) is 11.8 Å². The van der Waals surface area contributed by atoms with Gasteiger partial charge >= 0.3 is 0 Å². The number of benzene rings is 2. The van der Waals surface area contributed by atoms with E-state index in [4.69, 9.17) is 26.2 Å². The molecule has 3 heterocycles. The van der Waals surface area contributed by atoms with Crippen molar-refractivity contribution < 1.29 is 29.0 Å². The zero-order valence-corrected chi connectivity index (χ0v) is 25.0. The second-order valence-electron chi connectivity index (χ2n) is 11.4. The van der Waals surface area contributed by atoms with Gasteiger partial charge in [0.2, 0.25) is 17.7 Å². The van der Waals surface area contributed by atoms with Crippen molar-refractivity contribution in [2.75, 3.05) is 30.4 Å². The van der Waals surface area contributed by atoms with Crippen LogP contribution in [0, 0.1) is 11.8 Å². The van der Waals surface area contributed by atoms with Crippen molar-refractivity contribution in [3.63, 3.8) is 0 Å². The molecule has 3 fully saturated rings. The Bertz CT molecular complexity index is 1290. The number of nitrogens with one attached hydrogen (secondary N) is 2. The van der Waals surface area contributed by atoms with Crippen LogP contribution in [-0.4, -0.2) is 64.7 Å². The van der Waals surface area contributed by atoms with Crippen LogP contribution in [0.5, 0.6) is 5.75 Å². The standard InChI is InChI=1S/C32H40ClN3O6/c1-3-31-17-18-32(42-31)26(25(31)28(38)34-23-13-15-24(16-14-23)41-4-2)30(40)36(19-7-5-6-8-20-37)27(32)29(39)35-22-11-9-21(33)10-12-22/h9-16,25-27,37H,3-8,17-20H2,1-2H3,(H,34,38)(H,35,39)/t25-,26+,27?,31+,32?/m1/s1. The average Bonchev–Trinajstić information content (AvgIpc) is 3.59. The number of unbranched alkanes of at least 4 members (excludes halogenated alkanes) is 3. The Morgan fingerprint density at radius 3 is 2.26 bits per heavy atom. The minimum absolute atomic E-state index is 0.123. The summed E-state index contributed by atoms with van der Waals surface area (Å²) in [6.07, 6.45) is 4.67. The molecule has 2 bridgehead atoms. The SMILES string of the molecule is CCOc1ccc(NC(=O)[C@H]2[C@H]3C(=O)N(CCCCCCO)C(C(=O)Nc4ccc(Cl)cc4)C34CC[C@]2(CC)O4)cc1. The fraction of sp³-hybridized carbons (Fsp3) is 0.531. The zero-order valence-electron chi connectivity index (χ0n) is 24.2. The van der Waals surface area contributed by atoms with Crippen molar-refractivity contribution in [1.82, 2.24) is 4.90 Å². The van der Waals surface area contributed by atoms with Gasteiger partial charge in [-0.15, -0.1) is 0 Å². The molecule has 3 N–H and O–H groups in total. The number of amides is 3. The van der Waals surface area contributed by atoms with E-state index in [2.05, 4.69) is 10.6 Å². The highest BCUT2D eigenvalue weighted by molar-refractivity contribution is 6.30. The fourth-order valence-electron chi connectivity index (χ4n) is 7.17. The van der Waals surface area contributed by atoms with Crippen molar-refractivity contribution in [3.8, 4) is 5.75 Å². The predicted molar refractivity (Wildman–Crippen MR) is 160 cm³/mol. The number of hydrogen-bond acceptors (Lipinski definition) is 6. The molecule has 0 aromatic heterocycles. The Hall–Kier alpha value is -3.14. The minimum Gasteiger partial charge on any atom is -0.494 e. The second kappa shape index (κ2) is 12.6. The summed E-state index contributed by atoms with van der Waals surface area (Å²) in [5, 5.41) is 15.7. The van der Waals surface area contributed by atoms with E-state index in [1.165, 1.54) is 0 Å². The third kappa shape index (κ3) is 5.50. The molecule has 2 unspecified atom stereocenters. The maximum absolute atomic E-state index is 14.3. The predicted octanol–water partition coefficient (Wildman–Crippen LogP) is 5.02. The number of carbonyl (C=O) groups excluding carboxylic acids is 3. The van der Waals surface area contributed by atoms with Crippen LogP contribution < -0.4 is 15.4 Å². The van der Waals surface area contributed by atoms with Crippen molar-refractivity contribution in [2.45, 2.75) is 76.0 Å². The zero-order chi connectivity index (χ0) is 29.9. The van der Waals surface area contributed by atoms with E-state index >= 15 is 0 Å². The number of rotatable bonds is 13. The van der Waals surface area contributed by atoms with Gasteiger partial charge in [-0.2, -0.15) is 0 Å². The lowest BCUT2D eigenvalue weighted by Crippen LogP contribution is -2.53. The highest BCUT2D eigenvalue weighted by Crippen LogP contribution is 2.64. The van der Waals surface area contributed by atoms with Crippen LogP contribution in [0.2, 0.25) is 5.02 Å². The Morgan fingerprint density at radius 1 is 0.976 bits per heavy atom. The van der Waals surface area contributed by atoms with Gasteiger partial charge in [0.05, 0.1) is 24.0 Å². The molecule has 3 aliphatic heterocycles. The van der Waals surface area contributed by atoms with Crippen molar-refractivity contribution >= 4 is 40.7 Å². The molecule has 3 saturated heterocycles. The number of nitrogens with zero attached hydrogens (tertiary/aromatic N) is 1. The van der Waals surface area contributed by atoms with Crippen LogP contribution in [0.25, 0.3) is 0 Å². The van der Waals surface area contributed by atoms with Gasteiger partial charge in [-0.3, -0.25) is 14.4 Å². The van der Waals surface area contributed by atoms with Gasteiger partial charge in [0, 0.05) is 29.5 Å². The van der Waals surface area contributed by atoms with Gasteiger partial charge in [-0.25, -0.2) is 0 Å². The molecule has 9 nitrogen and oxygen atoms in total. The van der Waals surface area contributed by atoms with Crippen LogP contribution in [-0.2, 0) is 19.1 Å². The van der Waals surface area contributed by atoms with E-state index in [1.54, 1.807) is 53.4 Å². The Balaban J connectivity index is 1.44. The molecular weight excluding hydrogens is 558 g/mol. The highest BCUT2D eigenvalue weighted by Gasteiger charge is 2.78. The summed E-state index contributed by atoms with van der Waals surface area (Å²) in [7, 11) is 0. The quantitative estimate of drug-likeness (QED) is 0.279. The topological polar surface area (TPSA) is 117 Å². The van der Waals surface area contributed by atoms with E-state index in [0.29, 0.717) is 67.4 Å². The highest BCUT2D eigenvalue weighted by atomic mass is 35.5. The summed E-state index contributed by atoms with van der Waals surface area (Å²) >= 11 is 6.05. The van der Waals surface area contributed by atoms with E-state index < -0.39 is 29.1 Å². The molecule has 5 rings (SSSR count). The number of hydrogen-bond donors (Lipinski definition) is 3. The van der Waals surface area contributed by atoms with E-state index in [9.17, 15) is 14.4 Å². The van der Waals surface area contributed by atoms with Gasteiger partial charge in [-0.05, 0) is 87.6 Å². The largest absolute Gasteiger partial charge is 0.494 e. The Morgan fingerprint density at radius 2 is 1.62 bits per heavy atom. The third-order valence-corrected chi connectivity index (χ3v) is 9.32. The first-order chi connectivity index (χ1) is 20.3. The van der Waals surface area contributed by atoms with Gasteiger partial charge < -0.3 is 30.1 Å². The number of fused-ring (bicyclic) bond motifs is 1. The van der Waals surface area contributed by atoms with Gasteiger partial charge in [-0.1, -0.05) is 31.4 Å². The van der Waals surface area contributed by atoms with Crippen LogP contribution in [0.15, 0.2) is 48.5 Å². The molecule has 226 valence electrons. The molecule has 42 heavy (non-hydrogen) atoms. The monoisotopic (exact) mass is 597 g/mol. The molecule has 3 aliphatic rings.